The molecule has 0 unspecified atom stereocenters. The third kappa shape index (κ3) is 4.27. The number of pyridine rings is 2. The van der Waals surface area contributed by atoms with Crippen molar-refractivity contribution in [1.82, 2.24) is 15.3 Å². The lowest BCUT2D eigenvalue weighted by atomic mass is 9.97. The Balaban J connectivity index is 1.46. The molecule has 3 N–H and O–H groups in total. The predicted octanol–water partition coefficient (Wildman–Crippen LogP) is 5.69. The van der Waals surface area contributed by atoms with E-state index < -0.39 is 5.97 Å². The molecule has 180 valence electrons. The summed E-state index contributed by atoms with van der Waals surface area (Å²) in [5.74, 6) is -1.12. The monoisotopic (exact) mass is 486 g/mol. The summed E-state index contributed by atoms with van der Waals surface area (Å²) in [6.45, 7) is 0.530. The molecule has 3 heterocycles. The van der Waals surface area contributed by atoms with Crippen LogP contribution in [-0.2, 0) is 6.42 Å². The number of carboxylic acid groups (broad SMARTS) is 1. The molecular weight excluding hydrogens is 464 g/mol. The summed E-state index contributed by atoms with van der Waals surface area (Å²) in [6, 6.07) is 26.3. The molecule has 0 aliphatic carbocycles. The number of aromatic carboxylic acids is 1. The number of aromatic nitrogens is 2. The summed E-state index contributed by atoms with van der Waals surface area (Å²) in [6.07, 6.45) is 2.38. The zero-order valence-electron chi connectivity index (χ0n) is 19.7. The maximum atomic E-state index is 12.9. The van der Waals surface area contributed by atoms with Crippen molar-refractivity contribution in [1.29, 1.82) is 0 Å². The van der Waals surface area contributed by atoms with Crippen LogP contribution in [0.2, 0.25) is 0 Å². The Morgan fingerprint density at radius 3 is 2.51 bits per heavy atom. The quantitative estimate of drug-likeness (QED) is 0.295. The van der Waals surface area contributed by atoms with Crippen LogP contribution in [-0.4, -0.2) is 33.5 Å². The van der Waals surface area contributed by atoms with Gasteiger partial charge in [0.2, 0.25) is 0 Å². The zero-order chi connectivity index (χ0) is 25.4. The van der Waals surface area contributed by atoms with Crippen molar-refractivity contribution in [3.05, 3.63) is 108 Å². The highest BCUT2D eigenvalue weighted by molar-refractivity contribution is 6.04. The van der Waals surface area contributed by atoms with Gasteiger partial charge in [-0.2, -0.15) is 0 Å². The Morgan fingerprint density at radius 2 is 1.65 bits per heavy atom. The van der Waals surface area contributed by atoms with Crippen LogP contribution in [0.1, 0.15) is 26.4 Å². The van der Waals surface area contributed by atoms with Gasteiger partial charge in [0.15, 0.2) is 0 Å². The smallest absolute Gasteiger partial charge is 0.335 e. The van der Waals surface area contributed by atoms with Gasteiger partial charge >= 0.3 is 5.97 Å². The van der Waals surface area contributed by atoms with E-state index in [9.17, 15) is 14.7 Å². The number of carbonyl (C=O) groups excluding carboxylic acids is 1. The van der Waals surface area contributed by atoms with Crippen LogP contribution >= 0.6 is 0 Å². The molecule has 0 bridgehead atoms. The molecule has 1 aliphatic heterocycles. The topological polar surface area (TPSA) is 104 Å². The van der Waals surface area contributed by atoms with Gasteiger partial charge in [-0.3, -0.25) is 14.8 Å². The molecule has 0 atom stereocenters. The van der Waals surface area contributed by atoms with E-state index in [0.29, 0.717) is 24.2 Å². The minimum atomic E-state index is -0.966. The number of rotatable bonds is 5. The van der Waals surface area contributed by atoms with Gasteiger partial charge in [0, 0.05) is 35.8 Å². The molecular formula is C30H22N4O3. The van der Waals surface area contributed by atoms with Crippen LogP contribution in [0.25, 0.3) is 33.3 Å². The molecule has 0 spiro atoms. The Bertz CT molecular complexity index is 1690. The molecule has 1 amide bonds. The molecule has 5 aromatic rings. The number of nitrogens with zero attached hydrogens (tertiary/aromatic N) is 2. The summed E-state index contributed by atoms with van der Waals surface area (Å²) >= 11 is 0. The Kier molecular flexibility index (Phi) is 5.58. The van der Waals surface area contributed by atoms with Gasteiger partial charge in [-0.1, -0.05) is 36.4 Å². The van der Waals surface area contributed by atoms with E-state index in [0.717, 1.165) is 44.7 Å². The average molecular weight is 487 g/mol. The molecule has 7 nitrogen and oxygen atoms in total. The third-order valence-corrected chi connectivity index (χ3v) is 6.49. The molecule has 0 saturated heterocycles. The fraction of sp³-hybridized carbons (Fsp3) is 0.0667. The molecule has 1 aliphatic rings. The lowest BCUT2D eigenvalue weighted by Gasteiger charge is -2.21. The summed E-state index contributed by atoms with van der Waals surface area (Å²) in [7, 11) is 0. The SMILES string of the molecule is O=C(O)c1cccc(-c2cccc(-c3cc(Nc4cccc5ncccc45)c4c(n3)CCNC4=O)c2)c1. The van der Waals surface area contributed by atoms with Gasteiger partial charge < -0.3 is 15.7 Å². The summed E-state index contributed by atoms with van der Waals surface area (Å²) in [4.78, 5) is 33.6. The number of nitrogens with one attached hydrogen (secondary N) is 2. The van der Waals surface area contributed by atoms with E-state index in [-0.39, 0.29) is 11.5 Å². The normalized spacial score (nSPS) is 12.6. The van der Waals surface area contributed by atoms with Crippen LogP contribution < -0.4 is 10.6 Å². The van der Waals surface area contributed by atoms with Crippen molar-refractivity contribution in [2.45, 2.75) is 6.42 Å². The van der Waals surface area contributed by atoms with Gasteiger partial charge in [-0.05, 0) is 59.7 Å². The molecule has 37 heavy (non-hydrogen) atoms. The second-order valence-corrected chi connectivity index (χ2v) is 8.85. The van der Waals surface area contributed by atoms with Crippen molar-refractivity contribution >= 4 is 34.2 Å². The van der Waals surface area contributed by atoms with Crippen molar-refractivity contribution in [2.75, 3.05) is 11.9 Å². The first-order valence-electron chi connectivity index (χ1n) is 11.9. The van der Waals surface area contributed by atoms with E-state index in [2.05, 4.69) is 15.6 Å². The van der Waals surface area contributed by atoms with Gasteiger partial charge in [-0.25, -0.2) is 4.79 Å². The van der Waals surface area contributed by atoms with Gasteiger partial charge in [0.1, 0.15) is 0 Å². The largest absolute Gasteiger partial charge is 0.478 e. The Morgan fingerprint density at radius 1 is 0.865 bits per heavy atom. The van der Waals surface area contributed by atoms with E-state index in [4.69, 9.17) is 4.98 Å². The van der Waals surface area contributed by atoms with Crippen LogP contribution in [0.4, 0.5) is 11.4 Å². The molecule has 3 aromatic carbocycles. The van der Waals surface area contributed by atoms with Crippen molar-refractivity contribution in [3.63, 3.8) is 0 Å². The number of fused-ring (bicyclic) bond motifs is 2. The number of benzene rings is 3. The fourth-order valence-corrected chi connectivity index (χ4v) is 4.71. The second-order valence-electron chi connectivity index (χ2n) is 8.85. The Hall–Kier alpha value is -5.04. The van der Waals surface area contributed by atoms with E-state index >= 15 is 0 Å². The average Bonchev–Trinajstić information content (AvgIpc) is 2.93. The number of carbonyl (C=O) groups is 2. The van der Waals surface area contributed by atoms with Gasteiger partial charge in [0.25, 0.3) is 5.91 Å². The summed E-state index contributed by atoms with van der Waals surface area (Å²) < 4.78 is 0. The van der Waals surface area contributed by atoms with Gasteiger partial charge in [-0.15, -0.1) is 0 Å². The molecule has 6 rings (SSSR count). The number of amides is 1. The minimum absolute atomic E-state index is 0.152. The van der Waals surface area contributed by atoms with Gasteiger partial charge in [0.05, 0.1) is 33.7 Å². The number of hydrogen-bond acceptors (Lipinski definition) is 5. The standard InChI is InChI=1S/C30H22N4O3/c35-29-28-25(12-14-32-29)34-26(17-27(28)33-24-11-3-10-23-22(24)9-4-13-31-23)20-7-1-5-18(15-20)19-6-2-8-21(16-19)30(36)37/h1-11,13,15-17H,12,14H2,(H,32,35)(H,33,34)(H,36,37). The lowest BCUT2D eigenvalue weighted by Crippen LogP contribution is -2.33. The maximum Gasteiger partial charge on any atom is 0.335 e. The molecule has 7 heteroatoms. The highest BCUT2D eigenvalue weighted by Gasteiger charge is 2.24. The lowest BCUT2D eigenvalue weighted by molar-refractivity contribution is 0.0696. The van der Waals surface area contributed by atoms with Crippen molar-refractivity contribution in [2.24, 2.45) is 0 Å². The summed E-state index contributed by atoms with van der Waals surface area (Å²) in [5.41, 5.74) is 7.18. The molecule has 0 radical (unpaired) electrons. The zero-order valence-corrected chi connectivity index (χ0v) is 19.7. The van der Waals surface area contributed by atoms with E-state index in [1.54, 1.807) is 24.4 Å². The first kappa shape index (κ1) is 22.4. The Labute approximate surface area is 212 Å². The van der Waals surface area contributed by atoms with Crippen LogP contribution in [0.3, 0.4) is 0 Å². The van der Waals surface area contributed by atoms with Crippen LogP contribution in [0, 0.1) is 0 Å². The number of hydrogen-bond donors (Lipinski definition) is 3. The highest BCUT2D eigenvalue weighted by Crippen LogP contribution is 2.34. The maximum absolute atomic E-state index is 12.9. The molecule has 0 fully saturated rings. The first-order chi connectivity index (χ1) is 18.1. The minimum Gasteiger partial charge on any atom is -0.478 e. The number of carboxylic acids is 1. The molecule has 2 aromatic heterocycles. The van der Waals surface area contributed by atoms with Crippen LogP contribution in [0.15, 0.2) is 91.1 Å². The van der Waals surface area contributed by atoms with E-state index in [1.807, 2.05) is 66.7 Å². The fourth-order valence-electron chi connectivity index (χ4n) is 4.71. The highest BCUT2D eigenvalue weighted by atomic mass is 16.4. The predicted molar refractivity (Wildman–Crippen MR) is 143 cm³/mol. The molecule has 0 saturated carbocycles. The van der Waals surface area contributed by atoms with Crippen molar-refractivity contribution < 1.29 is 14.7 Å². The van der Waals surface area contributed by atoms with Crippen molar-refractivity contribution in [3.8, 4) is 22.4 Å². The number of anilines is 2. The third-order valence-electron chi connectivity index (χ3n) is 6.49. The first-order valence-corrected chi connectivity index (χ1v) is 11.9. The summed E-state index contributed by atoms with van der Waals surface area (Å²) in [5, 5.41) is 16.7. The van der Waals surface area contributed by atoms with Crippen LogP contribution in [0.5, 0.6) is 0 Å². The second kappa shape index (κ2) is 9.20. The van der Waals surface area contributed by atoms with E-state index in [1.165, 1.54) is 0 Å².